The molecule has 1 fully saturated rings. The van der Waals surface area contributed by atoms with E-state index in [0.717, 1.165) is 41.2 Å². The monoisotopic (exact) mass is 303 g/mol. The van der Waals surface area contributed by atoms with E-state index < -0.39 is 0 Å². The summed E-state index contributed by atoms with van der Waals surface area (Å²) in [7, 11) is 1.67. The number of benzene rings is 1. The molecule has 2 rings (SSSR count). The maximum atomic E-state index is 12.4. The summed E-state index contributed by atoms with van der Waals surface area (Å²) in [5, 5.41) is 3.21. The van der Waals surface area contributed by atoms with Gasteiger partial charge in [-0.1, -0.05) is 19.4 Å². The highest BCUT2D eigenvalue weighted by Crippen LogP contribution is 2.27. The van der Waals surface area contributed by atoms with Crippen LogP contribution in [0.4, 0.5) is 0 Å². The summed E-state index contributed by atoms with van der Waals surface area (Å²) in [6.45, 7) is 6.35. The molecule has 0 atom stereocenters. The van der Waals surface area contributed by atoms with E-state index in [1.807, 2.05) is 19.9 Å². The third-order valence-corrected chi connectivity index (χ3v) is 4.92. The van der Waals surface area contributed by atoms with Crippen molar-refractivity contribution in [2.75, 3.05) is 7.11 Å². The maximum Gasteiger partial charge on any atom is 0.224 e. The van der Waals surface area contributed by atoms with Gasteiger partial charge in [-0.15, -0.1) is 0 Å². The van der Waals surface area contributed by atoms with Gasteiger partial charge in [-0.2, -0.15) is 0 Å². The molecule has 3 nitrogen and oxygen atoms in total. The molecule has 0 bridgehead atoms. The lowest BCUT2D eigenvalue weighted by molar-refractivity contribution is -0.121. The lowest BCUT2D eigenvalue weighted by atomic mass is 9.84. The van der Waals surface area contributed by atoms with Crippen molar-refractivity contribution in [3.8, 4) is 5.75 Å². The van der Waals surface area contributed by atoms with Gasteiger partial charge in [0.25, 0.3) is 0 Å². The van der Waals surface area contributed by atoms with Crippen LogP contribution in [0.2, 0.25) is 0 Å². The van der Waals surface area contributed by atoms with Crippen molar-refractivity contribution in [2.45, 2.75) is 65.3 Å². The Morgan fingerprint density at radius 3 is 2.50 bits per heavy atom. The van der Waals surface area contributed by atoms with E-state index in [9.17, 15) is 4.79 Å². The number of carbonyl (C=O) groups excluding carboxylic acids is 1. The zero-order valence-electron chi connectivity index (χ0n) is 14.4. The molecule has 0 unspecified atom stereocenters. The maximum absolute atomic E-state index is 12.4. The lowest BCUT2D eigenvalue weighted by Gasteiger charge is -2.28. The van der Waals surface area contributed by atoms with Gasteiger partial charge in [0.2, 0.25) is 5.91 Å². The SMILES string of the molecule is CCC1CCC(NC(=O)Cc2c(C)cc(C)cc2OC)CC1. The molecule has 1 amide bonds. The number of nitrogens with one attached hydrogen (secondary N) is 1. The van der Waals surface area contributed by atoms with Gasteiger partial charge in [-0.3, -0.25) is 4.79 Å². The molecule has 0 heterocycles. The van der Waals surface area contributed by atoms with Crippen molar-refractivity contribution >= 4 is 5.91 Å². The van der Waals surface area contributed by atoms with E-state index in [4.69, 9.17) is 4.74 Å². The van der Waals surface area contributed by atoms with Gasteiger partial charge in [0.15, 0.2) is 0 Å². The van der Waals surface area contributed by atoms with E-state index in [1.54, 1.807) is 7.11 Å². The van der Waals surface area contributed by atoms with Gasteiger partial charge >= 0.3 is 0 Å². The van der Waals surface area contributed by atoms with E-state index in [-0.39, 0.29) is 5.91 Å². The zero-order valence-corrected chi connectivity index (χ0v) is 14.4. The number of hydrogen-bond donors (Lipinski definition) is 1. The van der Waals surface area contributed by atoms with Crippen molar-refractivity contribution in [1.29, 1.82) is 0 Å². The fourth-order valence-corrected chi connectivity index (χ4v) is 3.52. The van der Waals surface area contributed by atoms with Crippen LogP contribution in [0.15, 0.2) is 12.1 Å². The molecule has 1 aliphatic rings. The van der Waals surface area contributed by atoms with Crippen molar-refractivity contribution in [3.05, 3.63) is 28.8 Å². The van der Waals surface area contributed by atoms with Crippen LogP contribution in [0.5, 0.6) is 5.75 Å². The number of aryl methyl sites for hydroxylation is 2. The Balaban J connectivity index is 1.95. The summed E-state index contributed by atoms with van der Waals surface area (Å²) in [6, 6.07) is 4.46. The van der Waals surface area contributed by atoms with Gasteiger partial charge in [0.1, 0.15) is 5.75 Å². The van der Waals surface area contributed by atoms with Gasteiger partial charge in [-0.25, -0.2) is 0 Å². The fourth-order valence-electron chi connectivity index (χ4n) is 3.52. The van der Waals surface area contributed by atoms with Crippen LogP contribution in [0.3, 0.4) is 0 Å². The second-order valence-electron chi connectivity index (χ2n) is 6.63. The first-order valence-electron chi connectivity index (χ1n) is 8.47. The summed E-state index contributed by atoms with van der Waals surface area (Å²) in [5.41, 5.74) is 3.30. The summed E-state index contributed by atoms with van der Waals surface area (Å²) < 4.78 is 5.45. The van der Waals surface area contributed by atoms with Gasteiger partial charge in [0, 0.05) is 11.6 Å². The highest BCUT2D eigenvalue weighted by atomic mass is 16.5. The molecule has 1 saturated carbocycles. The van der Waals surface area contributed by atoms with Crippen LogP contribution >= 0.6 is 0 Å². The van der Waals surface area contributed by atoms with Crippen LogP contribution < -0.4 is 10.1 Å². The molecule has 3 heteroatoms. The number of rotatable bonds is 5. The molecule has 122 valence electrons. The largest absolute Gasteiger partial charge is 0.496 e. The summed E-state index contributed by atoms with van der Waals surface area (Å²) in [5.74, 6) is 1.79. The highest BCUT2D eigenvalue weighted by molar-refractivity contribution is 5.80. The predicted octanol–water partition coefficient (Wildman–Crippen LogP) is 3.94. The zero-order chi connectivity index (χ0) is 16.1. The molecule has 1 aromatic carbocycles. The fraction of sp³-hybridized carbons (Fsp3) is 0.632. The smallest absolute Gasteiger partial charge is 0.224 e. The Morgan fingerprint density at radius 1 is 1.23 bits per heavy atom. The van der Waals surface area contributed by atoms with E-state index in [2.05, 4.69) is 18.3 Å². The number of carbonyl (C=O) groups is 1. The van der Waals surface area contributed by atoms with Gasteiger partial charge in [0.05, 0.1) is 13.5 Å². The number of hydrogen-bond acceptors (Lipinski definition) is 2. The average molecular weight is 303 g/mol. The molecule has 0 spiro atoms. The Hall–Kier alpha value is -1.51. The molecule has 1 aromatic rings. The molecule has 0 saturated heterocycles. The van der Waals surface area contributed by atoms with E-state index >= 15 is 0 Å². The quantitative estimate of drug-likeness (QED) is 0.894. The van der Waals surface area contributed by atoms with Crippen LogP contribution in [-0.4, -0.2) is 19.1 Å². The van der Waals surface area contributed by atoms with Crippen molar-refractivity contribution in [3.63, 3.8) is 0 Å². The molecule has 0 aromatic heterocycles. The molecule has 1 aliphatic carbocycles. The number of amides is 1. The lowest BCUT2D eigenvalue weighted by Crippen LogP contribution is -2.38. The highest BCUT2D eigenvalue weighted by Gasteiger charge is 2.22. The van der Waals surface area contributed by atoms with Crippen LogP contribution in [0.25, 0.3) is 0 Å². The topological polar surface area (TPSA) is 38.3 Å². The second kappa shape index (κ2) is 7.66. The van der Waals surface area contributed by atoms with Crippen molar-refractivity contribution < 1.29 is 9.53 Å². The first-order valence-corrected chi connectivity index (χ1v) is 8.47. The molecule has 22 heavy (non-hydrogen) atoms. The van der Waals surface area contributed by atoms with Gasteiger partial charge in [-0.05, 0) is 62.6 Å². The normalized spacial score (nSPS) is 21.5. The Labute approximate surface area is 134 Å². The number of methoxy groups -OCH3 is 1. The Bertz CT molecular complexity index is 516. The van der Waals surface area contributed by atoms with Crippen molar-refractivity contribution in [2.24, 2.45) is 5.92 Å². The van der Waals surface area contributed by atoms with Crippen LogP contribution in [0.1, 0.15) is 55.7 Å². The third-order valence-electron chi connectivity index (χ3n) is 4.92. The van der Waals surface area contributed by atoms with Crippen LogP contribution in [-0.2, 0) is 11.2 Å². The first kappa shape index (κ1) is 16.9. The summed E-state index contributed by atoms with van der Waals surface area (Å²) in [4.78, 5) is 12.4. The molecule has 0 aliphatic heterocycles. The third kappa shape index (κ3) is 4.25. The Morgan fingerprint density at radius 2 is 1.91 bits per heavy atom. The molecule has 0 radical (unpaired) electrons. The minimum atomic E-state index is 0.116. The van der Waals surface area contributed by atoms with E-state index in [1.165, 1.54) is 19.3 Å². The standard InChI is InChI=1S/C19H29NO2/c1-5-15-6-8-16(9-7-15)20-19(21)12-17-14(3)10-13(2)11-18(17)22-4/h10-11,15-16H,5-9,12H2,1-4H3,(H,20,21). The second-order valence-corrected chi connectivity index (χ2v) is 6.63. The molecular formula is C19H29NO2. The summed E-state index contributed by atoms with van der Waals surface area (Å²) in [6.07, 6.45) is 6.40. The van der Waals surface area contributed by atoms with E-state index in [0.29, 0.717) is 12.5 Å². The van der Waals surface area contributed by atoms with Crippen molar-refractivity contribution in [1.82, 2.24) is 5.32 Å². The molecule has 1 N–H and O–H groups in total. The molecular weight excluding hydrogens is 274 g/mol. The minimum Gasteiger partial charge on any atom is -0.496 e. The summed E-state index contributed by atoms with van der Waals surface area (Å²) >= 11 is 0. The minimum absolute atomic E-state index is 0.116. The number of ether oxygens (including phenoxy) is 1. The average Bonchev–Trinajstić information content (AvgIpc) is 2.50. The van der Waals surface area contributed by atoms with Gasteiger partial charge < -0.3 is 10.1 Å². The van der Waals surface area contributed by atoms with Crippen LogP contribution in [0, 0.1) is 19.8 Å². The Kier molecular flexibility index (Phi) is 5.87. The predicted molar refractivity (Wildman–Crippen MR) is 90.4 cm³/mol. The first-order chi connectivity index (χ1) is 10.5.